The number of anilines is 1. The van der Waals surface area contributed by atoms with E-state index in [0.717, 1.165) is 43.5 Å². The molecule has 1 saturated heterocycles. The minimum absolute atomic E-state index is 0.0473. The van der Waals surface area contributed by atoms with E-state index in [9.17, 15) is 26.9 Å². The molecule has 0 radical (unpaired) electrons. The Morgan fingerprint density at radius 2 is 1.57 bits per heavy atom. The minimum atomic E-state index is -4.14. The van der Waals surface area contributed by atoms with E-state index >= 15 is 0 Å². The minimum Gasteiger partial charge on any atom is -0.495 e. The second-order valence-corrected chi connectivity index (χ2v) is 10.3. The van der Waals surface area contributed by atoms with Crippen LogP contribution in [0.15, 0.2) is 52.3 Å². The van der Waals surface area contributed by atoms with Crippen LogP contribution in [0, 0.1) is 10.1 Å². The molecule has 0 saturated carbocycles. The van der Waals surface area contributed by atoms with E-state index in [4.69, 9.17) is 4.74 Å². The number of nitro benzene ring substituents is 1. The van der Waals surface area contributed by atoms with Crippen molar-refractivity contribution in [3.63, 3.8) is 0 Å². The Hall–Kier alpha value is -2.70. The van der Waals surface area contributed by atoms with E-state index in [2.05, 4.69) is 4.72 Å². The van der Waals surface area contributed by atoms with Gasteiger partial charge in [-0.05, 0) is 43.2 Å². The van der Waals surface area contributed by atoms with Crippen LogP contribution in [0.3, 0.4) is 0 Å². The molecule has 2 aromatic carbocycles. The van der Waals surface area contributed by atoms with Crippen molar-refractivity contribution < 1.29 is 26.5 Å². The number of piperidine rings is 1. The van der Waals surface area contributed by atoms with E-state index in [0.29, 0.717) is 13.1 Å². The summed E-state index contributed by atoms with van der Waals surface area (Å²) in [6, 6.07) is 8.30. The SMILES string of the molecule is COc1ccc(S(=O)(=O)N2CCCCC2)cc1NS(=O)(=O)c1ccc([N+](=O)[O-])cc1. The fourth-order valence-corrected chi connectivity index (χ4v) is 5.74. The Morgan fingerprint density at radius 3 is 2.13 bits per heavy atom. The third-order valence-corrected chi connectivity index (χ3v) is 8.00. The van der Waals surface area contributed by atoms with Gasteiger partial charge in [-0.1, -0.05) is 6.42 Å². The average Bonchev–Trinajstić information content (AvgIpc) is 2.74. The maximum absolute atomic E-state index is 12.9. The van der Waals surface area contributed by atoms with Gasteiger partial charge in [-0.25, -0.2) is 16.8 Å². The number of ether oxygens (including phenoxy) is 1. The molecule has 10 nitrogen and oxygen atoms in total. The molecule has 1 fully saturated rings. The Labute approximate surface area is 174 Å². The zero-order chi connectivity index (χ0) is 21.9. The fourth-order valence-electron chi connectivity index (χ4n) is 3.13. The number of nitrogens with zero attached hydrogens (tertiary/aromatic N) is 2. The summed E-state index contributed by atoms with van der Waals surface area (Å²) in [5.41, 5.74) is -0.296. The number of sulfonamides is 2. The monoisotopic (exact) mass is 455 g/mol. The molecule has 0 unspecified atom stereocenters. The molecule has 30 heavy (non-hydrogen) atoms. The summed E-state index contributed by atoms with van der Waals surface area (Å²) in [7, 11) is -6.58. The molecule has 162 valence electrons. The van der Waals surface area contributed by atoms with Crippen molar-refractivity contribution >= 4 is 31.4 Å². The summed E-state index contributed by atoms with van der Waals surface area (Å²) in [5, 5.41) is 10.8. The van der Waals surface area contributed by atoms with Gasteiger partial charge in [0.05, 0.1) is 27.5 Å². The number of hydrogen-bond donors (Lipinski definition) is 1. The van der Waals surface area contributed by atoms with Gasteiger partial charge in [0.25, 0.3) is 15.7 Å². The lowest BCUT2D eigenvalue weighted by Crippen LogP contribution is -2.35. The summed E-state index contributed by atoms with van der Waals surface area (Å²) in [5.74, 6) is 0.137. The van der Waals surface area contributed by atoms with Crippen LogP contribution in [0.5, 0.6) is 5.75 Å². The van der Waals surface area contributed by atoms with Crippen molar-refractivity contribution in [2.75, 3.05) is 24.9 Å². The summed E-state index contributed by atoms with van der Waals surface area (Å²) < 4.78 is 60.1. The first-order valence-corrected chi connectivity index (χ1v) is 12.0. The normalized spacial score (nSPS) is 15.5. The number of benzene rings is 2. The first kappa shape index (κ1) is 22.0. The number of hydrogen-bond acceptors (Lipinski definition) is 7. The highest BCUT2D eigenvalue weighted by Gasteiger charge is 2.27. The third-order valence-electron chi connectivity index (χ3n) is 4.73. The van der Waals surface area contributed by atoms with Crippen molar-refractivity contribution in [3.8, 4) is 5.75 Å². The summed E-state index contributed by atoms with van der Waals surface area (Å²) in [6.07, 6.45) is 2.51. The predicted octanol–water partition coefficient (Wildman–Crippen LogP) is 2.58. The molecule has 1 heterocycles. The van der Waals surface area contributed by atoms with Crippen LogP contribution in [-0.2, 0) is 20.0 Å². The van der Waals surface area contributed by atoms with Gasteiger partial charge < -0.3 is 4.74 Å². The van der Waals surface area contributed by atoms with Crippen molar-refractivity contribution in [1.29, 1.82) is 0 Å². The first-order valence-electron chi connectivity index (χ1n) is 9.10. The predicted molar refractivity (Wildman–Crippen MR) is 110 cm³/mol. The van der Waals surface area contributed by atoms with Crippen LogP contribution in [0.25, 0.3) is 0 Å². The van der Waals surface area contributed by atoms with Gasteiger partial charge in [0.2, 0.25) is 10.0 Å². The van der Waals surface area contributed by atoms with Crippen LogP contribution >= 0.6 is 0 Å². The summed E-state index contributed by atoms with van der Waals surface area (Å²) >= 11 is 0. The van der Waals surface area contributed by atoms with Gasteiger partial charge in [0.1, 0.15) is 5.75 Å². The Bertz CT molecular complexity index is 1140. The van der Waals surface area contributed by atoms with Crippen molar-refractivity contribution in [2.24, 2.45) is 0 Å². The van der Waals surface area contributed by atoms with Crippen molar-refractivity contribution in [3.05, 3.63) is 52.6 Å². The molecule has 0 atom stereocenters. The van der Waals surface area contributed by atoms with Crippen LogP contribution in [0.2, 0.25) is 0 Å². The summed E-state index contributed by atoms with van der Waals surface area (Å²) in [4.78, 5) is 9.87. The van der Waals surface area contributed by atoms with Gasteiger partial charge >= 0.3 is 0 Å². The maximum Gasteiger partial charge on any atom is 0.269 e. The molecule has 2 aromatic rings. The highest BCUT2D eigenvalue weighted by Crippen LogP contribution is 2.31. The molecule has 1 N–H and O–H groups in total. The summed E-state index contributed by atoms with van der Waals surface area (Å²) in [6.45, 7) is 0.830. The number of non-ortho nitro benzene ring substituents is 1. The number of nitrogens with one attached hydrogen (secondary N) is 1. The van der Waals surface area contributed by atoms with Crippen LogP contribution in [0.1, 0.15) is 19.3 Å². The third kappa shape index (κ3) is 4.55. The van der Waals surface area contributed by atoms with E-state index in [1.54, 1.807) is 0 Å². The lowest BCUT2D eigenvalue weighted by Gasteiger charge is -2.26. The molecule has 0 aliphatic carbocycles. The highest BCUT2D eigenvalue weighted by molar-refractivity contribution is 7.92. The van der Waals surface area contributed by atoms with Gasteiger partial charge in [-0.2, -0.15) is 4.31 Å². The first-order chi connectivity index (χ1) is 14.1. The zero-order valence-electron chi connectivity index (χ0n) is 16.1. The number of nitro groups is 1. The zero-order valence-corrected chi connectivity index (χ0v) is 17.8. The van der Waals surface area contributed by atoms with E-state index < -0.39 is 25.0 Å². The highest BCUT2D eigenvalue weighted by atomic mass is 32.2. The van der Waals surface area contributed by atoms with E-state index in [-0.39, 0.29) is 26.9 Å². The molecule has 0 amide bonds. The Kier molecular flexibility index (Phi) is 6.29. The largest absolute Gasteiger partial charge is 0.495 e. The molecular weight excluding hydrogens is 434 g/mol. The number of rotatable bonds is 7. The Morgan fingerprint density at radius 1 is 0.967 bits per heavy atom. The lowest BCUT2D eigenvalue weighted by atomic mass is 10.2. The van der Waals surface area contributed by atoms with Crippen LogP contribution in [0.4, 0.5) is 11.4 Å². The quantitative estimate of drug-likeness (QED) is 0.500. The fraction of sp³-hybridized carbons (Fsp3) is 0.333. The van der Waals surface area contributed by atoms with Crippen LogP contribution < -0.4 is 9.46 Å². The van der Waals surface area contributed by atoms with Crippen molar-refractivity contribution in [2.45, 2.75) is 29.1 Å². The molecular formula is C18H21N3O7S2. The second-order valence-electron chi connectivity index (χ2n) is 6.68. The number of methoxy groups -OCH3 is 1. The van der Waals surface area contributed by atoms with Gasteiger partial charge in [0, 0.05) is 25.2 Å². The molecule has 1 aliphatic rings. The standard InChI is InChI=1S/C18H21N3O7S2/c1-28-18-10-9-16(30(26,27)20-11-3-2-4-12-20)13-17(18)19-29(24,25)15-7-5-14(6-8-15)21(22)23/h5-10,13,19H,2-4,11-12H2,1H3. The molecule has 12 heteroatoms. The van der Waals surface area contributed by atoms with Gasteiger partial charge in [0.15, 0.2) is 0 Å². The molecule has 1 aliphatic heterocycles. The maximum atomic E-state index is 12.9. The smallest absolute Gasteiger partial charge is 0.269 e. The molecule has 3 rings (SSSR count). The average molecular weight is 456 g/mol. The van der Waals surface area contributed by atoms with E-state index in [1.807, 2.05) is 0 Å². The lowest BCUT2D eigenvalue weighted by molar-refractivity contribution is -0.384. The van der Waals surface area contributed by atoms with Crippen LogP contribution in [-0.4, -0.2) is 46.3 Å². The van der Waals surface area contributed by atoms with Gasteiger partial charge in [-0.3, -0.25) is 14.8 Å². The molecule has 0 bridgehead atoms. The van der Waals surface area contributed by atoms with Crippen molar-refractivity contribution in [1.82, 2.24) is 4.31 Å². The second kappa shape index (κ2) is 8.58. The van der Waals surface area contributed by atoms with E-state index in [1.165, 1.54) is 29.6 Å². The topological polar surface area (TPSA) is 136 Å². The molecule has 0 aromatic heterocycles. The van der Waals surface area contributed by atoms with Gasteiger partial charge in [-0.15, -0.1) is 0 Å². The molecule has 0 spiro atoms. The Balaban J connectivity index is 1.94.